The number of hydrogen-bond donors (Lipinski definition) is 3. The number of carboxylic acid groups (broad SMARTS) is 1. The molecule has 134 valence electrons. The average Bonchev–Trinajstić information content (AvgIpc) is 2.52. The summed E-state index contributed by atoms with van der Waals surface area (Å²) in [6.07, 6.45) is 9.51. The van der Waals surface area contributed by atoms with Crippen LogP contribution >= 0.6 is 0 Å². The minimum absolute atomic E-state index is 0.0119. The van der Waals surface area contributed by atoms with Gasteiger partial charge in [-0.2, -0.15) is 0 Å². The molecule has 0 aromatic rings. The second kappa shape index (κ2) is 14.4. The van der Waals surface area contributed by atoms with Crippen LogP contribution in [0, 0.1) is 11.8 Å². The van der Waals surface area contributed by atoms with Crippen LogP contribution in [0.1, 0.15) is 59.3 Å². The molecule has 1 amide bonds. The Bertz CT molecular complexity index is 496. The fraction of sp³-hybridized carbons (Fsp3) is 0.579. The van der Waals surface area contributed by atoms with Crippen molar-refractivity contribution in [2.45, 2.75) is 65.3 Å². The van der Waals surface area contributed by atoms with E-state index in [9.17, 15) is 9.59 Å². The molecule has 5 nitrogen and oxygen atoms in total. The highest BCUT2D eigenvalue weighted by Gasteiger charge is 2.00. The Morgan fingerprint density at radius 1 is 1.12 bits per heavy atom. The maximum absolute atomic E-state index is 11.6. The minimum atomic E-state index is -0.762. The number of aliphatic carboxylic acids is 1. The number of allylic oxidation sites excluding steroid dienone is 3. The molecule has 0 heterocycles. The Hall–Kier alpha value is -2.22. The Kier molecular flexibility index (Phi) is 13.0. The fourth-order valence-corrected chi connectivity index (χ4v) is 1.95. The zero-order valence-electron chi connectivity index (χ0n) is 15.0. The van der Waals surface area contributed by atoms with Crippen molar-refractivity contribution in [3.63, 3.8) is 0 Å². The lowest BCUT2D eigenvalue weighted by Gasteiger charge is -2.09. The molecular formula is C19H30N2O3. The van der Waals surface area contributed by atoms with Crippen molar-refractivity contribution in [2.24, 2.45) is 0 Å². The maximum Gasteiger partial charge on any atom is 0.303 e. The molecule has 0 aliphatic carbocycles. The first kappa shape index (κ1) is 21.8. The molecule has 5 heteroatoms. The van der Waals surface area contributed by atoms with Crippen LogP contribution in [0.15, 0.2) is 23.9 Å². The van der Waals surface area contributed by atoms with Gasteiger partial charge >= 0.3 is 5.97 Å². The Morgan fingerprint density at radius 3 is 2.38 bits per heavy atom. The van der Waals surface area contributed by atoms with E-state index < -0.39 is 5.97 Å². The van der Waals surface area contributed by atoms with Crippen LogP contribution in [0.5, 0.6) is 0 Å². The standard InChI is InChI=1S/C19H30N2O3/c1-4-17(21-16(2)3)12-8-7-11-15-20-18(22)13-9-5-6-10-14-19(23)24/h4,8,12,16,21H,5-6,9-10,13-15H2,1-3H3,(H,20,22)(H,23,24)/b12-8-,17-4+. The highest BCUT2D eigenvalue weighted by molar-refractivity contribution is 5.76. The summed E-state index contributed by atoms with van der Waals surface area (Å²) in [5, 5.41) is 14.6. The molecule has 0 unspecified atom stereocenters. The molecule has 0 saturated heterocycles. The molecule has 0 atom stereocenters. The van der Waals surface area contributed by atoms with Crippen molar-refractivity contribution < 1.29 is 14.7 Å². The zero-order valence-corrected chi connectivity index (χ0v) is 15.0. The Morgan fingerprint density at radius 2 is 1.79 bits per heavy atom. The van der Waals surface area contributed by atoms with E-state index in [4.69, 9.17) is 5.11 Å². The van der Waals surface area contributed by atoms with Gasteiger partial charge in [0, 0.05) is 24.6 Å². The second-order valence-electron chi connectivity index (χ2n) is 5.78. The summed E-state index contributed by atoms with van der Waals surface area (Å²) in [7, 11) is 0. The normalized spacial score (nSPS) is 11.2. The maximum atomic E-state index is 11.6. The molecule has 0 aromatic carbocycles. The third-order valence-electron chi connectivity index (χ3n) is 3.13. The van der Waals surface area contributed by atoms with Crippen LogP contribution in [-0.4, -0.2) is 29.6 Å². The molecule has 0 aliphatic heterocycles. The fourth-order valence-electron chi connectivity index (χ4n) is 1.95. The second-order valence-corrected chi connectivity index (χ2v) is 5.78. The summed E-state index contributed by atoms with van der Waals surface area (Å²) < 4.78 is 0. The van der Waals surface area contributed by atoms with E-state index in [-0.39, 0.29) is 12.3 Å². The van der Waals surface area contributed by atoms with Crippen molar-refractivity contribution >= 4 is 11.9 Å². The van der Waals surface area contributed by atoms with Crippen LogP contribution in [0.4, 0.5) is 0 Å². The van der Waals surface area contributed by atoms with Crippen LogP contribution < -0.4 is 10.6 Å². The summed E-state index contributed by atoms with van der Waals surface area (Å²) >= 11 is 0. The number of amides is 1. The van der Waals surface area contributed by atoms with Crippen molar-refractivity contribution in [1.29, 1.82) is 0 Å². The zero-order chi connectivity index (χ0) is 18.2. The minimum Gasteiger partial charge on any atom is -0.481 e. The van der Waals surface area contributed by atoms with E-state index >= 15 is 0 Å². The summed E-state index contributed by atoms with van der Waals surface area (Å²) in [5.74, 6) is 5.00. The van der Waals surface area contributed by atoms with Crippen LogP contribution in [0.3, 0.4) is 0 Å². The third kappa shape index (κ3) is 14.7. The van der Waals surface area contributed by atoms with E-state index in [2.05, 4.69) is 36.3 Å². The lowest BCUT2D eigenvalue weighted by Crippen LogP contribution is -2.23. The van der Waals surface area contributed by atoms with Gasteiger partial charge in [0.2, 0.25) is 5.91 Å². The number of carboxylic acids is 1. The molecule has 0 saturated carbocycles. The molecule has 0 bridgehead atoms. The van der Waals surface area contributed by atoms with E-state index in [1.165, 1.54) is 0 Å². The molecule has 0 rings (SSSR count). The predicted molar refractivity (Wildman–Crippen MR) is 97.3 cm³/mol. The van der Waals surface area contributed by atoms with Crippen LogP contribution in [0.25, 0.3) is 0 Å². The van der Waals surface area contributed by atoms with E-state index in [0.717, 1.165) is 25.0 Å². The highest BCUT2D eigenvalue weighted by Crippen LogP contribution is 2.05. The van der Waals surface area contributed by atoms with Gasteiger partial charge in [0.05, 0.1) is 6.54 Å². The molecular weight excluding hydrogens is 304 g/mol. The largest absolute Gasteiger partial charge is 0.481 e. The van der Waals surface area contributed by atoms with Gasteiger partial charge in [0.1, 0.15) is 0 Å². The molecule has 3 N–H and O–H groups in total. The van der Waals surface area contributed by atoms with Gasteiger partial charge in [-0.15, -0.1) is 0 Å². The number of unbranched alkanes of at least 4 members (excludes halogenated alkanes) is 3. The molecule has 0 aliphatic rings. The number of nitrogens with one attached hydrogen (secondary N) is 2. The van der Waals surface area contributed by atoms with Crippen molar-refractivity contribution in [3.8, 4) is 11.8 Å². The van der Waals surface area contributed by atoms with Crippen molar-refractivity contribution in [3.05, 3.63) is 23.9 Å². The van der Waals surface area contributed by atoms with Crippen molar-refractivity contribution in [1.82, 2.24) is 10.6 Å². The van der Waals surface area contributed by atoms with E-state index in [1.807, 2.05) is 19.1 Å². The van der Waals surface area contributed by atoms with Crippen LogP contribution in [0.2, 0.25) is 0 Å². The quantitative estimate of drug-likeness (QED) is 0.308. The van der Waals surface area contributed by atoms with Gasteiger partial charge in [0.15, 0.2) is 0 Å². The Labute approximate surface area is 145 Å². The lowest BCUT2D eigenvalue weighted by atomic mass is 10.1. The first-order valence-electron chi connectivity index (χ1n) is 8.52. The molecule has 24 heavy (non-hydrogen) atoms. The van der Waals surface area contributed by atoms with Gasteiger partial charge in [-0.05, 0) is 45.8 Å². The molecule has 0 aromatic heterocycles. The first-order chi connectivity index (χ1) is 11.5. The van der Waals surface area contributed by atoms with Gasteiger partial charge in [-0.1, -0.05) is 30.8 Å². The van der Waals surface area contributed by atoms with Crippen LogP contribution in [-0.2, 0) is 9.59 Å². The van der Waals surface area contributed by atoms with Gasteiger partial charge in [-0.25, -0.2) is 0 Å². The highest BCUT2D eigenvalue weighted by atomic mass is 16.4. The summed E-state index contributed by atoms with van der Waals surface area (Å²) in [6, 6.07) is 0.372. The first-order valence-corrected chi connectivity index (χ1v) is 8.52. The lowest BCUT2D eigenvalue weighted by molar-refractivity contribution is -0.137. The monoisotopic (exact) mass is 334 g/mol. The summed E-state index contributed by atoms with van der Waals surface area (Å²) in [6.45, 7) is 6.45. The van der Waals surface area contributed by atoms with Crippen molar-refractivity contribution in [2.75, 3.05) is 6.54 Å². The molecule has 0 radical (unpaired) electrons. The number of rotatable bonds is 11. The Balaban J connectivity index is 3.77. The predicted octanol–water partition coefficient (Wildman–Crippen LogP) is 2.99. The molecule has 0 fully saturated rings. The SMILES string of the molecule is C/C=C(\C=C/C#CCNC(=O)CCCCCCC(=O)O)NC(C)C. The summed E-state index contributed by atoms with van der Waals surface area (Å²) in [4.78, 5) is 21.9. The number of hydrogen-bond acceptors (Lipinski definition) is 3. The average molecular weight is 334 g/mol. The topological polar surface area (TPSA) is 78.4 Å². The molecule has 0 spiro atoms. The van der Waals surface area contributed by atoms with Gasteiger partial charge in [0.25, 0.3) is 0 Å². The van der Waals surface area contributed by atoms with Gasteiger partial charge in [-0.3, -0.25) is 9.59 Å². The third-order valence-corrected chi connectivity index (χ3v) is 3.13. The van der Waals surface area contributed by atoms with E-state index in [0.29, 0.717) is 25.4 Å². The number of carbonyl (C=O) groups excluding carboxylic acids is 1. The van der Waals surface area contributed by atoms with E-state index in [1.54, 1.807) is 6.08 Å². The number of carbonyl (C=O) groups is 2. The van der Waals surface area contributed by atoms with Gasteiger partial charge < -0.3 is 15.7 Å². The smallest absolute Gasteiger partial charge is 0.303 e. The summed E-state index contributed by atoms with van der Waals surface area (Å²) in [5.41, 5.74) is 1.02.